The Kier molecular flexibility index (Phi) is 4.18. The number of nitrogen functional groups attached to an aromatic ring is 1. The van der Waals surface area contributed by atoms with Crippen molar-refractivity contribution in [2.75, 3.05) is 26.4 Å². The van der Waals surface area contributed by atoms with Gasteiger partial charge in [-0.25, -0.2) is 4.98 Å². The van der Waals surface area contributed by atoms with E-state index in [1.807, 2.05) is 31.1 Å². The second-order valence-corrected chi connectivity index (χ2v) is 5.17. The molecule has 0 aliphatic rings. The molecule has 0 spiro atoms. The number of hydrogen-bond donors (Lipinski definition) is 2. The third kappa shape index (κ3) is 3.33. The van der Waals surface area contributed by atoms with Gasteiger partial charge in [0.15, 0.2) is 5.13 Å². The molecule has 0 aliphatic heterocycles. The number of rotatable bonds is 5. The summed E-state index contributed by atoms with van der Waals surface area (Å²) in [4.78, 5) is 17.8. The van der Waals surface area contributed by atoms with Crippen molar-refractivity contribution in [3.63, 3.8) is 0 Å². The van der Waals surface area contributed by atoms with Gasteiger partial charge in [-0.2, -0.15) is 0 Å². The first-order chi connectivity index (χ1) is 9.08. The number of nitrogens with zero attached hydrogens (tertiary/aromatic N) is 2. The summed E-state index contributed by atoms with van der Waals surface area (Å²) >= 11 is 1.25. The maximum Gasteiger partial charge on any atom is 0.270 e. The largest absolute Gasteiger partial charge is 0.468 e. The molecular weight excluding hydrogens is 264 g/mol. The minimum absolute atomic E-state index is 0.0186. The third-order valence-corrected chi connectivity index (χ3v) is 3.38. The van der Waals surface area contributed by atoms with Crippen LogP contribution in [-0.4, -0.2) is 36.4 Å². The number of carbonyl (C=O) groups excluding carboxylic acids is 1. The first-order valence-electron chi connectivity index (χ1n) is 5.77. The summed E-state index contributed by atoms with van der Waals surface area (Å²) in [6.07, 6.45) is 1.62. The number of nitrogens with two attached hydrogens (primary N) is 1. The molecule has 2 aromatic heterocycles. The summed E-state index contributed by atoms with van der Waals surface area (Å²) in [5.41, 5.74) is 5.85. The molecule has 102 valence electrons. The highest BCUT2D eigenvalue weighted by Gasteiger charge is 2.19. The molecule has 2 rings (SSSR count). The van der Waals surface area contributed by atoms with Gasteiger partial charge < -0.3 is 15.5 Å². The molecule has 7 heteroatoms. The Bertz CT molecular complexity index is 536. The van der Waals surface area contributed by atoms with E-state index in [0.717, 1.165) is 5.76 Å². The molecule has 1 atom stereocenters. The lowest BCUT2D eigenvalue weighted by atomic mass is 10.2. The Morgan fingerprint density at radius 2 is 2.42 bits per heavy atom. The van der Waals surface area contributed by atoms with Crippen LogP contribution in [-0.2, 0) is 0 Å². The molecular formula is C12H16N4O2S. The fourth-order valence-electron chi connectivity index (χ4n) is 1.69. The highest BCUT2D eigenvalue weighted by Crippen LogP contribution is 2.18. The molecule has 0 saturated carbocycles. The van der Waals surface area contributed by atoms with E-state index in [2.05, 4.69) is 10.3 Å². The van der Waals surface area contributed by atoms with Gasteiger partial charge >= 0.3 is 0 Å². The summed E-state index contributed by atoms with van der Waals surface area (Å²) < 4.78 is 5.37. The van der Waals surface area contributed by atoms with Gasteiger partial charge in [0.1, 0.15) is 11.5 Å². The first kappa shape index (κ1) is 13.6. The van der Waals surface area contributed by atoms with Gasteiger partial charge in [0.25, 0.3) is 5.91 Å². The lowest BCUT2D eigenvalue weighted by Crippen LogP contribution is -2.34. The first-order valence-corrected chi connectivity index (χ1v) is 6.65. The van der Waals surface area contributed by atoms with E-state index >= 15 is 0 Å². The van der Waals surface area contributed by atoms with Crippen molar-refractivity contribution in [3.8, 4) is 0 Å². The van der Waals surface area contributed by atoms with E-state index in [0.29, 0.717) is 17.4 Å². The van der Waals surface area contributed by atoms with Crippen LogP contribution >= 0.6 is 11.3 Å². The van der Waals surface area contributed by atoms with Gasteiger partial charge in [0.05, 0.1) is 12.3 Å². The summed E-state index contributed by atoms with van der Waals surface area (Å²) in [5, 5.41) is 4.86. The second-order valence-electron chi connectivity index (χ2n) is 4.28. The van der Waals surface area contributed by atoms with Crippen molar-refractivity contribution in [2.45, 2.75) is 6.04 Å². The molecule has 0 bridgehead atoms. The highest BCUT2D eigenvalue weighted by molar-refractivity contribution is 7.13. The third-order valence-electron chi connectivity index (χ3n) is 2.71. The lowest BCUT2D eigenvalue weighted by molar-refractivity contribution is 0.0935. The zero-order valence-electron chi connectivity index (χ0n) is 10.8. The molecule has 2 heterocycles. The quantitative estimate of drug-likeness (QED) is 0.863. The molecule has 1 amide bonds. The summed E-state index contributed by atoms with van der Waals surface area (Å²) in [7, 11) is 3.86. The van der Waals surface area contributed by atoms with Crippen LogP contribution in [0, 0.1) is 0 Å². The number of likely N-dealkylation sites (N-methyl/N-ethyl adjacent to an activating group) is 1. The van der Waals surface area contributed by atoms with Crippen molar-refractivity contribution in [2.24, 2.45) is 0 Å². The molecule has 0 radical (unpaired) electrons. The van der Waals surface area contributed by atoms with Gasteiger partial charge in [-0.3, -0.25) is 9.69 Å². The van der Waals surface area contributed by atoms with Crippen molar-refractivity contribution in [1.29, 1.82) is 0 Å². The standard InChI is InChI=1S/C12H16N4O2S/c1-16(2)9(10-4-3-5-18-10)6-14-11(17)8-7-19-12(13)15-8/h3-5,7,9H,6H2,1-2H3,(H2,13,15)(H,14,17). The Balaban J connectivity index is 1.98. The van der Waals surface area contributed by atoms with Crippen LogP contribution in [0.5, 0.6) is 0 Å². The number of nitrogens with one attached hydrogen (secondary N) is 1. The number of anilines is 1. The smallest absolute Gasteiger partial charge is 0.270 e. The minimum Gasteiger partial charge on any atom is -0.468 e. The summed E-state index contributed by atoms with van der Waals surface area (Å²) in [6, 6.07) is 3.70. The fraction of sp³-hybridized carbons (Fsp3) is 0.333. The predicted octanol–water partition coefficient (Wildman–Crippen LogP) is 1.35. The Labute approximate surface area is 115 Å². The molecule has 0 aromatic carbocycles. The number of aromatic nitrogens is 1. The van der Waals surface area contributed by atoms with Crippen molar-refractivity contribution >= 4 is 22.4 Å². The van der Waals surface area contributed by atoms with Crippen LogP contribution in [0.4, 0.5) is 5.13 Å². The molecule has 0 saturated heterocycles. The molecule has 0 fully saturated rings. The van der Waals surface area contributed by atoms with Gasteiger partial charge in [-0.05, 0) is 26.2 Å². The Hall–Kier alpha value is -1.86. The van der Waals surface area contributed by atoms with Gasteiger partial charge in [0, 0.05) is 11.9 Å². The maximum atomic E-state index is 11.9. The van der Waals surface area contributed by atoms with Gasteiger partial charge in [0.2, 0.25) is 0 Å². The monoisotopic (exact) mass is 280 g/mol. The van der Waals surface area contributed by atoms with E-state index in [1.54, 1.807) is 11.6 Å². The van der Waals surface area contributed by atoms with Gasteiger partial charge in [-0.1, -0.05) is 0 Å². The van der Waals surface area contributed by atoms with Crippen LogP contribution in [0.2, 0.25) is 0 Å². The average molecular weight is 280 g/mol. The summed E-state index contributed by atoms with van der Waals surface area (Å²) in [6.45, 7) is 0.441. The Morgan fingerprint density at radius 1 is 1.63 bits per heavy atom. The van der Waals surface area contributed by atoms with E-state index in [-0.39, 0.29) is 11.9 Å². The van der Waals surface area contributed by atoms with E-state index in [9.17, 15) is 4.79 Å². The maximum absolute atomic E-state index is 11.9. The van der Waals surface area contributed by atoms with Crippen molar-refractivity contribution in [1.82, 2.24) is 15.2 Å². The van der Waals surface area contributed by atoms with Crippen LogP contribution in [0.1, 0.15) is 22.3 Å². The van der Waals surface area contributed by atoms with Crippen LogP contribution < -0.4 is 11.1 Å². The molecule has 0 aliphatic carbocycles. The SMILES string of the molecule is CN(C)C(CNC(=O)c1csc(N)n1)c1ccco1. The zero-order chi connectivity index (χ0) is 13.8. The number of hydrogen-bond acceptors (Lipinski definition) is 6. The molecule has 19 heavy (non-hydrogen) atoms. The van der Waals surface area contributed by atoms with Crippen molar-refractivity contribution < 1.29 is 9.21 Å². The molecule has 2 aromatic rings. The van der Waals surface area contributed by atoms with Crippen molar-refractivity contribution in [3.05, 3.63) is 35.2 Å². The zero-order valence-corrected chi connectivity index (χ0v) is 11.6. The van der Waals surface area contributed by atoms with Crippen LogP contribution in [0.3, 0.4) is 0 Å². The minimum atomic E-state index is -0.230. The second kappa shape index (κ2) is 5.85. The molecule has 1 unspecified atom stereocenters. The van der Waals surface area contributed by atoms with Crippen LogP contribution in [0.15, 0.2) is 28.2 Å². The normalized spacial score (nSPS) is 12.6. The number of furan rings is 1. The number of carbonyl (C=O) groups is 1. The molecule has 3 N–H and O–H groups in total. The van der Waals surface area contributed by atoms with Gasteiger partial charge in [-0.15, -0.1) is 11.3 Å². The topological polar surface area (TPSA) is 84.4 Å². The summed E-state index contributed by atoms with van der Waals surface area (Å²) in [5.74, 6) is 0.578. The number of thiazole rings is 1. The van der Waals surface area contributed by atoms with E-state index < -0.39 is 0 Å². The molecule has 6 nitrogen and oxygen atoms in total. The van der Waals surface area contributed by atoms with E-state index in [1.165, 1.54) is 11.3 Å². The fourth-order valence-corrected chi connectivity index (χ4v) is 2.23. The highest BCUT2D eigenvalue weighted by atomic mass is 32.1. The average Bonchev–Trinajstić information content (AvgIpc) is 3.00. The van der Waals surface area contributed by atoms with E-state index in [4.69, 9.17) is 10.2 Å². The Morgan fingerprint density at radius 3 is 2.95 bits per heavy atom. The predicted molar refractivity (Wildman–Crippen MR) is 74.0 cm³/mol. The lowest BCUT2D eigenvalue weighted by Gasteiger charge is -2.22. The number of amides is 1. The van der Waals surface area contributed by atoms with Crippen LogP contribution in [0.25, 0.3) is 0 Å².